The molecular formula is C22H32O3. The van der Waals surface area contributed by atoms with Gasteiger partial charge in [0.1, 0.15) is 11.3 Å². The van der Waals surface area contributed by atoms with Gasteiger partial charge in [0, 0.05) is 5.56 Å². The zero-order valence-electron chi connectivity index (χ0n) is 16.5. The SMILES string of the molecule is COc1c(C(=O)O)cc2c(c1C(C)C)CC[C@H]1C(C)(C)CCC[C@]21C. The first-order valence-corrected chi connectivity index (χ1v) is 9.61. The molecule has 0 bridgehead atoms. The Labute approximate surface area is 151 Å². The molecule has 138 valence electrons. The molecule has 0 aliphatic heterocycles. The van der Waals surface area contributed by atoms with Gasteiger partial charge in [0.2, 0.25) is 0 Å². The molecule has 3 heteroatoms. The third kappa shape index (κ3) is 2.67. The molecule has 3 nitrogen and oxygen atoms in total. The summed E-state index contributed by atoms with van der Waals surface area (Å²) in [6, 6.07) is 1.94. The maximum Gasteiger partial charge on any atom is 0.339 e. The summed E-state index contributed by atoms with van der Waals surface area (Å²) in [6.07, 6.45) is 5.85. The second kappa shape index (κ2) is 6.03. The molecule has 0 heterocycles. The number of carboxylic acids is 1. The smallest absolute Gasteiger partial charge is 0.339 e. The van der Waals surface area contributed by atoms with Crippen molar-refractivity contribution in [2.24, 2.45) is 11.3 Å². The van der Waals surface area contributed by atoms with Crippen LogP contribution in [0, 0.1) is 11.3 Å². The number of rotatable bonds is 3. The molecule has 0 radical (unpaired) electrons. The van der Waals surface area contributed by atoms with Gasteiger partial charge in [-0.05, 0) is 65.5 Å². The van der Waals surface area contributed by atoms with E-state index in [0.29, 0.717) is 22.6 Å². The average molecular weight is 344 g/mol. The first-order valence-electron chi connectivity index (χ1n) is 9.61. The maximum absolute atomic E-state index is 12.0. The first kappa shape index (κ1) is 18.3. The quantitative estimate of drug-likeness (QED) is 0.782. The highest BCUT2D eigenvalue weighted by atomic mass is 16.5. The molecule has 0 spiro atoms. The van der Waals surface area contributed by atoms with Crippen LogP contribution >= 0.6 is 0 Å². The molecule has 0 amide bonds. The molecule has 25 heavy (non-hydrogen) atoms. The summed E-state index contributed by atoms with van der Waals surface area (Å²) in [5, 5.41) is 9.81. The number of fused-ring (bicyclic) bond motifs is 3. The number of aromatic carboxylic acids is 1. The predicted molar refractivity (Wildman–Crippen MR) is 101 cm³/mol. The lowest BCUT2D eigenvalue weighted by Gasteiger charge is -2.55. The Balaban J connectivity index is 2.30. The molecule has 1 aromatic rings. The van der Waals surface area contributed by atoms with Gasteiger partial charge in [-0.25, -0.2) is 4.79 Å². The van der Waals surface area contributed by atoms with E-state index in [4.69, 9.17) is 4.74 Å². The van der Waals surface area contributed by atoms with Gasteiger partial charge in [-0.3, -0.25) is 0 Å². The molecular weight excluding hydrogens is 312 g/mol. The minimum Gasteiger partial charge on any atom is -0.496 e. The number of ether oxygens (including phenoxy) is 1. The second-order valence-corrected chi connectivity index (χ2v) is 9.21. The van der Waals surface area contributed by atoms with Gasteiger partial charge in [0.25, 0.3) is 0 Å². The van der Waals surface area contributed by atoms with E-state index in [-0.39, 0.29) is 11.3 Å². The highest BCUT2D eigenvalue weighted by Crippen LogP contribution is 2.58. The van der Waals surface area contributed by atoms with Crippen molar-refractivity contribution in [1.82, 2.24) is 0 Å². The topological polar surface area (TPSA) is 46.5 Å². The predicted octanol–water partition coefficient (Wildman–Crippen LogP) is 5.55. The molecule has 1 saturated carbocycles. The van der Waals surface area contributed by atoms with Gasteiger partial charge < -0.3 is 9.84 Å². The molecule has 2 aliphatic rings. The molecule has 1 fully saturated rings. The van der Waals surface area contributed by atoms with Gasteiger partial charge >= 0.3 is 5.97 Å². The lowest BCUT2D eigenvalue weighted by atomic mass is 9.50. The fourth-order valence-corrected chi connectivity index (χ4v) is 5.93. The largest absolute Gasteiger partial charge is 0.496 e. The molecule has 1 N–H and O–H groups in total. The lowest BCUT2D eigenvalue weighted by Crippen LogP contribution is -2.48. The van der Waals surface area contributed by atoms with Crippen LogP contribution in [-0.2, 0) is 11.8 Å². The van der Waals surface area contributed by atoms with E-state index in [1.54, 1.807) is 7.11 Å². The van der Waals surface area contributed by atoms with Gasteiger partial charge in [-0.2, -0.15) is 0 Å². The molecule has 0 aromatic heterocycles. The molecule has 0 saturated heterocycles. The van der Waals surface area contributed by atoms with Crippen LogP contribution < -0.4 is 4.74 Å². The number of hydrogen-bond acceptors (Lipinski definition) is 2. The van der Waals surface area contributed by atoms with E-state index < -0.39 is 5.97 Å². The van der Waals surface area contributed by atoms with Crippen molar-refractivity contribution in [2.75, 3.05) is 7.11 Å². The van der Waals surface area contributed by atoms with E-state index in [1.807, 2.05) is 6.07 Å². The van der Waals surface area contributed by atoms with Crippen LogP contribution in [0.1, 0.15) is 93.3 Å². The number of carboxylic acid groups (broad SMARTS) is 1. The van der Waals surface area contributed by atoms with Crippen LogP contribution in [0.4, 0.5) is 0 Å². The number of methoxy groups -OCH3 is 1. The normalized spacial score (nSPS) is 27.6. The summed E-state index contributed by atoms with van der Waals surface area (Å²) in [7, 11) is 1.59. The summed E-state index contributed by atoms with van der Waals surface area (Å²) < 4.78 is 5.59. The fraction of sp³-hybridized carbons (Fsp3) is 0.682. The monoisotopic (exact) mass is 344 g/mol. The molecule has 1 aromatic carbocycles. The highest BCUT2D eigenvalue weighted by Gasteiger charge is 2.50. The standard InChI is InChI=1S/C22H32O3/c1-13(2)18-14-8-9-17-21(3,4)10-7-11-22(17,5)16(14)12-15(20(23)24)19(18)25-6/h12-13,17H,7-11H2,1-6H3,(H,23,24)/t17-,22+/m0/s1. The summed E-state index contributed by atoms with van der Waals surface area (Å²) in [4.78, 5) is 12.0. The van der Waals surface area contributed by atoms with Crippen molar-refractivity contribution < 1.29 is 14.6 Å². The van der Waals surface area contributed by atoms with E-state index in [0.717, 1.165) is 18.4 Å². The van der Waals surface area contributed by atoms with Crippen LogP contribution in [0.25, 0.3) is 0 Å². The zero-order chi connectivity index (χ0) is 18.6. The molecule has 2 aliphatic carbocycles. The van der Waals surface area contributed by atoms with Crippen molar-refractivity contribution in [1.29, 1.82) is 0 Å². The highest BCUT2D eigenvalue weighted by molar-refractivity contribution is 5.92. The van der Waals surface area contributed by atoms with Crippen molar-refractivity contribution in [3.8, 4) is 5.75 Å². The average Bonchev–Trinajstić information content (AvgIpc) is 2.51. The Morgan fingerprint density at radius 2 is 1.96 bits per heavy atom. The Morgan fingerprint density at radius 3 is 2.52 bits per heavy atom. The Hall–Kier alpha value is -1.51. The van der Waals surface area contributed by atoms with Crippen molar-refractivity contribution in [3.63, 3.8) is 0 Å². The Bertz CT molecular complexity index is 702. The van der Waals surface area contributed by atoms with Gasteiger partial charge in [0.05, 0.1) is 7.11 Å². The lowest BCUT2D eigenvalue weighted by molar-refractivity contribution is 0.0403. The van der Waals surface area contributed by atoms with Gasteiger partial charge in [-0.15, -0.1) is 0 Å². The number of hydrogen-bond donors (Lipinski definition) is 1. The summed E-state index contributed by atoms with van der Waals surface area (Å²) in [6.45, 7) is 11.4. The fourth-order valence-electron chi connectivity index (χ4n) is 5.93. The van der Waals surface area contributed by atoms with Gasteiger partial charge in [-0.1, -0.05) is 41.0 Å². The Kier molecular flexibility index (Phi) is 4.41. The molecule has 2 atom stereocenters. The Morgan fingerprint density at radius 1 is 1.28 bits per heavy atom. The van der Waals surface area contributed by atoms with Crippen molar-refractivity contribution in [3.05, 3.63) is 28.3 Å². The summed E-state index contributed by atoms with van der Waals surface area (Å²) in [5.74, 6) is 0.539. The van der Waals surface area contributed by atoms with E-state index >= 15 is 0 Å². The third-order valence-electron chi connectivity index (χ3n) is 6.97. The van der Waals surface area contributed by atoms with E-state index in [1.165, 1.54) is 30.4 Å². The second-order valence-electron chi connectivity index (χ2n) is 9.21. The first-order chi connectivity index (χ1) is 11.6. The molecule has 0 unspecified atom stereocenters. The van der Waals surface area contributed by atoms with Crippen LogP contribution in [0.15, 0.2) is 6.07 Å². The third-order valence-corrected chi connectivity index (χ3v) is 6.97. The van der Waals surface area contributed by atoms with Crippen LogP contribution in [0.5, 0.6) is 5.75 Å². The van der Waals surface area contributed by atoms with Crippen LogP contribution in [0.2, 0.25) is 0 Å². The number of benzene rings is 1. The van der Waals surface area contributed by atoms with E-state index in [2.05, 4.69) is 34.6 Å². The van der Waals surface area contributed by atoms with Crippen molar-refractivity contribution >= 4 is 5.97 Å². The number of carbonyl (C=O) groups is 1. The summed E-state index contributed by atoms with van der Waals surface area (Å²) >= 11 is 0. The van der Waals surface area contributed by atoms with Crippen molar-refractivity contribution in [2.45, 2.75) is 78.1 Å². The van der Waals surface area contributed by atoms with Crippen LogP contribution in [-0.4, -0.2) is 18.2 Å². The summed E-state index contributed by atoms with van der Waals surface area (Å²) in [5.41, 5.74) is 4.45. The maximum atomic E-state index is 12.0. The van der Waals surface area contributed by atoms with E-state index in [9.17, 15) is 9.90 Å². The van der Waals surface area contributed by atoms with Crippen LogP contribution in [0.3, 0.4) is 0 Å². The minimum atomic E-state index is -0.887. The molecule has 3 rings (SSSR count). The van der Waals surface area contributed by atoms with Gasteiger partial charge in [0.15, 0.2) is 0 Å². The minimum absolute atomic E-state index is 0.0649. The zero-order valence-corrected chi connectivity index (χ0v) is 16.5.